The normalized spacial score (nSPS) is 13.3. The summed E-state index contributed by atoms with van der Waals surface area (Å²) in [6.07, 6.45) is 0.181. The van der Waals surface area contributed by atoms with Gasteiger partial charge in [-0.05, 0) is 46.8 Å². The molecule has 0 atom stereocenters. The van der Waals surface area contributed by atoms with Crippen molar-refractivity contribution in [3.8, 4) is 0 Å². The van der Waals surface area contributed by atoms with Crippen molar-refractivity contribution in [1.82, 2.24) is 24.1 Å². The lowest BCUT2D eigenvalue weighted by Gasteiger charge is -2.20. The first kappa shape index (κ1) is 24.8. The molecule has 4 rings (SSSR count). The van der Waals surface area contributed by atoms with Gasteiger partial charge in [0, 0.05) is 12.1 Å². The predicted molar refractivity (Wildman–Crippen MR) is 127 cm³/mol. The molecule has 3 aromatic rings. The summed E-state index contributed by atoms with van der Waals surface area (Å²) in [4.78, 5) is 56.9. The SMILES string of the molecule is CC(C)N1Cc2c(n(CC(=O)Nc3ccc(F)cn3)c3cc(NC(=O)OC(C)(C)C)nn3c2=O)C1=O. The average molecular weight is 500 g/mol. The Morgan fingerprint density at radius 2 is 1.89 bits per heavy atom. The zero-order valence-corrected chi connectivity index (χ0v) is 20.5. The Kier molecular flexibility index (Phi) is 6.24. The number of aromatic nitrogens is 4. The Morgan fingerprint density at radius 3 is 2.50 bits per heavy atom. The Balaban J connectivity index is 1.76. The maximum atomic E-state index is 13.2. The molecule has 0 aliphatic carbocycles. The number of fused-ring (bicyclic) bond motifs is 2. The van der Waals surface area contributed by atoms with E-state index in [-0.39, 0.29) is 47.7 Å². The molecule has 1 aliphatic heterocycles. The maximum Gasteiger partial charge on any atom is 0.413 e. The van der Waals surface area contributed by atoms with Crippen LogP contribution in [0.25, 0.3) is 5.65 Å². The van der Waals surface area contributed by atoms with Crippen LogP contribution in [0, 0.1) is 5.82 Å². The Hall–Kier alpha value is -4.29. The third kappa shape index (κ3) is 4.90. The molecule has 3 amide bonds. The average Bonchev–Trinajstić information content (AvgIpc) is 3.33. The lowest BCUT2D eigenvalue weighted by Crippen LogP contribution is -2.32. The summed E-state index contributed by atoms with van der Waals surface area (Å²) >= 11 is 0. The molecule has 0 unspecified atom stereocenters. The minimum Gasteiger partial charge on any atom is -0.444 e. The zero-order valence-electron chi connectivity index (χ0n) is 20.5. The number of nitrogens with zero attached hydrogens (tertiary/aromatic N) is 5. The van der Waals surface area contributed by atoms with Gasteiger partial charge in [-0.3, -0.25) is 19.7 Å². The number of amides is 3. The third-order valence-corrected chi connectivity index (χ3v) is 5.31. The molecule has 4 heterocycles. The molecule has 0 saturated heterocycles. The standard InChI is InChI=1S/C23H26FN7O5/c1-12(2)29-10-14-19(21(29)34)30(11-17(32)26-15-7-6-13(24)9-25-15)18-8-16(28-31(18)20(14)33)27-22(35)36-23(3,4)5/h6-9,12H,10-11H2,1-5H3,(H,25,26,32)(H,27,28,35). The molecule has 0 saturated carbocycles. The molecule has 13 heteroatoms. The van der Waals surface area contributed by atoms with Gasteiger partial charge >= 0.3 is 6.09 Å². The Morgan fingerprint density at radius 1 is 1.17 bits per heavy atom. The highest BCUT2D eigenvalue weighted by Gasteiger charge is 2.36. The van der Waals surface area contributed by atoms with Crippen molar-refractivity contribution in [3.63, 3.8) is 0 Å². The minimum atomic E-state index is -0.778. The van der Waals surface area contributed by atoms with Crippen LogP contribution in [0.4, 0.5) is 20.8 Å². The summed E-state index contributed by atoms with van der Waals surface area (Å²) in [6, 6.07) is 3.63. The van der Waals surface area contributed by atoms with Crippen molar-refractivity contribution >= 4 is 35.2 Å². The Bertz CT molecular complexity index is 1420. The Labute approximate surface area is 205 Å². The molecule has 0 fully saturated rings. The number of carbonyl (C=O) groups excluding carboxylic acids is 3. The van der Waals surface area contributed by atoms with E-state index in [2.05, 4.69) is 20.7 Å². The van der Waals surface area contributed by atoms with Crippen molar-refractivity contribution in [2.75, 3.05) is 10.6 Å². The molecule has 0 aromatic carbocycles. The van der Waals surface area contributed by atoms with Gasteiger partial charge in [0.05, 0.1) is 18.3 Å². The first-order valence-corrected chi connectivity index (χ1v) is 11.2. The summed E-state index contributed by atoms with van der Waals surface area (Å²) in [5.41, 5.74) is -0.933. The fraction of sp³-hybridized carbons (Fsp3) is 0.391. The summed E-state index contributed by atoms with van der Waals surface area (Å²) in [6.45, 7) is 8.41. The highest BCUT2D eigenvalue weighted by Crippen LogP contribution is 2.25. The summed E-state index contributed by atoms with van der Waals surface area (Å²) in [7, 11) is 0. The molecule has 36 heavy (non-hydrogen) atoms. The van der Waals surface area contributed by atoms with E-state index < -0.39 is 34.9 Å². The van der Waals surface area contributed by atoms with Crippen molar-refractivity contribution < 1.29 is 23.5 Å². The highest BCUT2D eigenvalue weighted by atomic mass is 19.1. The van der Waals surface area contributed by atoms with Crippen LogP contribution in [0.3, 0.4) is 0 Å². The van der Waals surface area contributed by atoms with Gasteiger partial charge in [-0.2, -0.15) is 4.52 Å². The first-order valence-electron chi connectivity index (χ1n) is 11.2. The van der Waals surface area contributed by atoms with Crippen molar-refractivity contribution in [1.29, 1.82) is 0 Å². The predicted octanol–water partition coefficient (Wildman–Crippen LogP) is 2.38. The number of rotatable bonds is 5. The van der Waals surface area contributed by atoms with E-state index in [1.165, 1.54) is 21.6 Å². The van der Waals surface area contributed by atoms with E-state index in [9.17, 15) is 23.6 Å². The van der Waals surface area contributed by atoms with E-state index in [1.54, 1.807) is 20.8 Å². The van der Waals surface area contributed by atoms with Gasteiger partial charge < -0.3 is 19.5 Å². The van der Waals surface area contributed by atoms with Gasteiger partial charge in [-0.1, -0.05) is 0 Å². The van der Waals surface area contributed by atoms with Gasteiger partial charge in [0.2, 0.25) is 5.91 Å². The molecular formula is C23H26FN7O5. The molecule has 3 aromatic heterocycles. The van der Waals surface area contributed by atoms with Gasteiger partial charge in [0.1, 0.15) is 35.1 Å². The largest absolute Gasteiger partial charge is 0.444 e. The van der Waals surface area contributed by atoms with Crippen LogP contribution < -0.4 is 16.2 Å². The number of carbonyl (C=O) groups is 3. The number of anilines is 2. The van der Waals surface area contributed by atoms with Gasteiger partial charge in [-0.15, -0.1) is 5.10 Å². The fourth-order valence-corrected chi connectivity index (χ4v) is 3.81. The molecule has 0 bridgehead atoms. The van der Waals surface area contributed by atoms with Crippen LogP contribution in [0.5, 0.6) is 0 Å². The van der Waals surface area contributed by atoms with Crippen LogP contribution in [0.1, 0.15) is 50.7 Å². The number of ether oxygens (including phenoxy) is 1. The van der Waals surface area contributed by atoms with Gasteiger partial charge in [0.15, 0.2) is 5.82 Å². The van der Waals surface area contributed by atoms with Crippen LogP contribution >= 0.6 is 0 Å². The quantitative estimate of drug-likeness (QED) is 0.549. The summed E-state index contributed by atoms with van der Waals surface area (Å²) in [5, 5.41) is 9.18. The summed E-state index contributed by atoms with van der Waals surface area (Å²) in [5.74, 6) is -1.41. The monoisotopic (exact) mass is 499 g/mol. The lowest BCUT2D eigenvalue weighted by atomic mass is 10.2. The van der Waals surface area contributed by atoms with E-state index in [1.807, 2.05) is 13.8 Å². The minimum absolute atomic E-state index is 0.00699. The van der Waals surface area contributed by atoms with Crippen LogP contribution in [0.2, 0.25) is 0 Å². The van der Waals surface area contributed by atoms with Gasteiger partial charge in [0.25, 0.3) is 11.5 Å². The molecule has 0 radical (unpaired) electrons. The van der Waals surface area contributed by atoms with Gasteiger partial charge in [-0.25, -0.2) is 14.2 Å². The van der Waals surface area contributed by atoms with E-state index >= 15 is 0 Å². The molecule has 0 spiro atoms. The molecule has 12 nitrogen and oxygen atoms in total. The lowest BCUT2D eigenvalue weighted by molar-refractivity contribution is -0.116. The van der Waals surface area contributed by atoms with E-state index in [4.69, 9.17) is 4.74 Å². The summed E-state index contributed by atoms with van der Waals surface area (Å²) < 4.78 is 20.8. The fourth-order valence-electron chi connectivity index (χ4n) is 3.81. The second-order valence-corrected chi connectivity index (χ2v) is 9.58. The van der Waals surface area contributed by atoms with Crippen LogP contribution in [0.15, 0.2) is 29.2 Å². The molecular weight excluding hydrogens is 473 g/mol. The smallest absolute Gasteiger partial charge is 0.413 e. The number of nitrogens with one attached hydrogen (secondary N) is 2. The third-order valence-electron chi connectivity index (χ3n) is 5.31. The number of halogens is 1. The van der Waals surface area contributed by atoms with Crippen LogP contribution in [-0.4, -0.2) is 53.6 Å². The zero-order chi connectivity index (χ0) is 26.4. The van der Waals surface area contributed by atoms with E-state index in [0.717, 1.165) is 16.8 Å². The number of hydrogen-bond acceptors (Lipinski definition) is 7. The first-order chi connectivity index (χ1) is 16.8. The second-order valence-electron chi connectivity index (χ2n) is 9.58. The number of pyridine rings is 1. The second kappa shape index (κ2) is 9.06. The highest BCUT2D eigenvalue weighted by molar-refractivity contribution is 5.99. The molecule has 1 aliphatic rings. The van der Waals surface area contributed by atoms with E-state index in [0.29, 0.717) is 0 Å². The topological polar surface area (TPSA) is 140 Å². The van der Waals surface area contributed by atoms with Crippen molar-refractivity contribution in [2.45, 2.75) is 59.4 Å². The van der Waals surface area contributed by atoms with Crippen molar-refractivity contribution in [3.05, 3.63) is 51.8 Å². The maximum absolute atomic E-state index is 13.2. The number of hydrogen-bond donors (Lipinski definition) is 2. The molecule has 190 valence electrons. The molecule has 2 N–H and O–H groups in total. The van der Waals surface area contributed by atoms with Crippen LogP contribution in [-0.2, 0) is 22.6 Å². The van der Waals surface area contributed by atoms with Crippen molar-refractivity contribution in [2.24, 2.45) is 0 Å².